The number of esters is 1. The maximum Gasteiger partial charge on any atom is 0.329 e. The third-order valence-electron chi connectivity index (χ3n) is 4.92. The van der Waals surface area contributed by atoms with Gasteiger partial charge in [-0.1, -0.05) is 12.8 Å². The average molecular weight is 377 g/mol. The third-order valence-corrected chi connectivity index (χ3v) is 6.02. The van der Waals surface area contributed by atoms with Crippen LogP contribution in [0.4, 0.5) is 0 Å². The second-order valence-electron chi connectivity index (χ2n) is 6.81. The van der Waals surface area contributed by atoms with E-state index in [0.717, 1.165) is 36.1 Å². The van der Waals surface area contributed by atoms with Gasteiger partial charge in [-0.25, -0.2) is 9.78 Å². The molecule has 26 heavy (non-hydrogen) atoms. The quantitative estimate of drug-likeness (QED) is 0.779. The second-order valence-corrected chi connectivity index (χ2v) is 8.01. The van der Waals surface area contributed by atoms with Gasteiger partial charge in [0.05, 0.1) is 5.39 Å². The summed E-state index contributed by atoms with van der Waals surface area (Å²) in [7, 11) is 0. The number of hydrogen-bond donors (Lipinski definition) is 2. The van der Waals surface area contributed by atoms with Crippen LogP contribution < -0.4 is 10.9 Å². The summed E-state index contributed by atoms with van der Waals surface area (Å²) in [6, 6.07) is -0.642. The average Bonchev–Trinajstić information content (AvgIpc) is 3.19. The van der Waals surface area contributed by atoms with Gasteiger partial charge in [-0.15, -0.1) is 11.3 Å². The Labute approximate surface area is 155 Å². The normalized spacial score (nSPS) is 16.0. The number of aryl methyl sites for hydroxylation is 2. The number of carbonyl (C=O) groups excluding carboxylic acids is 2. The Morgan fingerprint density at radius 1 is 1.35 bits per heavy atom. The molecule has 3 rings (SSSR count). The summed E-state index contributed by atoms with van der Waals surface area (Å²) in [5, 5.41) is 3.29. The van der Waals surface area contributed by atoms with Crippen LogP contribution in [-0.2, 0) is 20.9 Å². The van der Waals surface area contributed by atoms with E-state index in [1.165, 1.54) is 18.3 Å². The van der Waals surface area contributed by atoms with Gasteiger partial charge in [-0.3, -0.25) is 9.59 Å². The van der Waals surface area contributed by atoms with Crippen LogP contribution in [0.15, 0.2) is 4.79 Å². The van der Waals surface area contributed by atoms with Crippen LogP contribution in [0.1, 0.15) is 48.9 Å². The first kappa shape index (κ1) is 18.6. The molecule has 2 N–H and O–H groups in total. The number of thiophene rings is 1. The van der Waals surface area contributed by atoms with Gasteiger partial charge in [-0.2, -0.15) is 0 Å². The summed E-state index contributed by atoms with van der Waals surface area (Å²) in [4.78, 5) is 45.0. The smallest absolute Gasteiger partial charge is 0.329 e. The Morgan fingerprint density at radius 3 is 2.69 bits per heavy atom. The van der Waals surface area contributed by atoms with Gasteiger partial charge in [0.15, 0.2) is 0 Å². The van der Waals surface area contributed by atoms with E-state index in [4.69, 9.17) is 4.74 Å². The minimum Gasteiger partial charge on any atom is -0.456 e. The number of ether oxygens (including phenoxy) is 1. The first-order valence-corrected chi connectivity index (χ1v) is 9.61. The zero-order valence-corrected chi connectivity index (χ0v) is 16.0. The molecule has 0 radical (unpaired) electrons. The van der Waals surface area contributed by atoms with Crippen LogP contribution in [0.5, 0.6) is 0 Å². The van der Waals surface area contributed by atoms with Crippen molar-refractivity contribution in [3.63, 3.8) is 0 Å². The number of nitrogens with one attached hydrogen (secondary N) is 2. The van der Waals surface area contributed by atoms with E-state index in [9.17, 15) is 14.4 Å². The van der Waals surface area contributed by atoms with Crippen molar-refractivity contribution in [3.8, 4) is 0 Å². The van der Waals surface area contributed by atoms with Crippen LogP contribution in [0, 0.1) is 19.8 Å². The van der Waals surface area contributed by atoms with Gasteiger partial charge < -0.3 is 15.0 Å². The number of hydrogen-bond acceptors (Lipinski definition) is 6. The minimum absolute atomic E-state index is 0.100. The Hall–Kier alpha value is -2.22. The van der Waals surface area contributed by atoms with E-state index in [0.29, 0.717) is 16.0 Å². The number of rotatable bonds is 5. The fraction of sp³-hybridized carbons (Fsp3) is 0.556. The Bertz CT molecular complexity index is 896. The molecule has 8 heteroatoms. The van der Waals surface area contributed by atoms with E-state index < -0.39 is 12.0 Å². The Morgan fingerprint density at radius 2 is 2.04 bits per heavy atom. The lowest BCUT2D eigenvalue weighted by Crippen LogP contribution is -2.45. The van der Waals surface area contributed by atoms with Crippen molar-refractivity contribution >= 4 is 33.4 Å². The van der Waals surface area contributed by atoms with Crippen molar-refractivity contribution in [2.45, 2.75) is 59.1 Å². The molecule has 2 aromatic heterocycles. The van der Waals surface area contributed by atoms with E-state index in [1.807, 2.05) is 13.8 Å². The lowest BCUT2D eigenvalue weighted by Gasteiger charge is -2.22. The van der Waals surface area contributed by atoms with Gasteiger partial charge in [0.25, 0.3) is 5.56 Å². The van der Waals surface area contributed by atoms with Crippen LogP contribution in [0.25, 0.3) is 10.2 Å². The lowest BCUT2D eigenvalue weighted by atomic mass is 9.98. The second kappa shape index (κ2) is 7.57. The highest BCUT2D eigenvalue weighted by atomic mass is 32.1. The van der Waals surface area contributed by atoms with Crippen LogP contribution >= 0.6 is 11.3 Å². The van der Waals surface area contributed by atoms with Gasteiger partial charge in [0, 0.05) is 11.8 Å². The molecule has 0 unspecified atom stereocenters. The van der Waals surface area contributed by atoms with Crippen molar-refractivity contribution in [1.29, 1.82) is 0 Å². The predicted molar refractivity (Wildman–Crippen MR) is 99.1 cm³/mol. The molecule has 1 aliphatic carbocycles. The molecule has 2 aromatic rings. The fourth-order valence-electron chi connectivity index (χ4n) is 3.48. The highest BCUT2D eigenvalue weighted by molar-refractivity contribution is 7.18. The molecule has 2 heterocycles. The molecule has 140 valence electrons. The van der Waals surface area contributed by atoms with Crippen molar-refractivity contribution in [3.05, 3.63) is 26.6 Å². The number of H-pyrrole nitrogens is 1. The minimum atomic E-state index is -0.642. The monoisotopic (exact) mass is 377 g/mol. The molecule has 0 aromatic carbocycles. The van der Waals surface area contributed by atoms with Crippen molar-refractivity contribution in [1.82, 2.24) is 15.3 Å². The summed E-state index contributed by atoms with van der Waals surface area (Å²) in [6.45, 7) is 5.11. The molecule has 1 saturated carbocycles. The van der Waals surface area contributed by atoms with Crippen molar-refractivity contribution in [2.75, 3.05) is 0 Å². The zero-order chi connectivity index (χ0) is 18.8. The van der Waals surface area contributed by atoms with Crippen molar-refractivity contribution < 1.29 is 14.3 Å². The Kier molecular flexibility index (Phi) is 5.41. The summed E-state index contributed by atoms with van der Waals surface area (Å²) in [5.41, 5.74) is 0.700. The van der Waals surface area contributed by atoms with Gasteiger partial charge in [0.2, 0.25) is 5.91 Å². The summed E-state index contributed by atoms with van der Waals surface area (Å²) < 4.78 is 5.36. The van der Waals surface area contributed by atoms with Gasteiger partial charge >= 0.3 is 5.97 Å². The molecule has 1 amide bonds. The number of fused-ring (bicyclic) bond motifs is 1. The fourth-order valence-corrected chi connectivity index (χ4v) is 4.52. The summed E-state index contributed by atoms with van der Waals surface area (Å²) in [6.07, 6.45) is 3.90. The number of carbonyl (C=O) groups is 2. The largest absolute Gasteiger partial charge is 0.456 e. The number of amides is 1. The zero-order valence-electron chi connectivity index (χ0n) is 15.2. The van der Waals surface area contributed by atoms with Crippen LogP contribution in [0.2, 0.25) is 0 Å². The van der Waals surface area contributed by atoms with Crippen LogP contribution in [0.3, 0.4) is 0 Å². The molecule has 1 atom stereocenters. The molecule has 0 bridgehead atoms. The first-order chi connectivity index (χ1) is 12.4. The molecular weight excluding hydrogens is 354 g/mol. The van der Waals surface area contributed by atoms with Gasteiger partial charge in [0.1, 0.15) is 23.3 Å². The number of aromatic amines is 1. The predicted octanol–water partition coefficient (Wildman–Crippen LogP) is 2.34. The molecule has 1 aliphatic rings. The third kappa shape index (κ3) is 3.80. The van der Waals surface area contributed by atoms with Gasteiger partial charge in [-0.05, 0) is 38.2 Å². The lowest BCUT2D eigenvalue weighted by molar-refractivity contribution is -0.150. The summed E-state index contributed by atoms with van der Waals surface area (Å²) >= 11 is 1.45. The molecule has 1 fully saturated rings. The maximum absolute atomic E-state index is 12.5. The highest BCUT2D eigenvalue weighted by Crippen LogP contribution is 2.29. The van der Waals surface area contributed by atoms with E-state index >= 15 is 0 Å². The molecule has 7 nitrogen and oxygen atoms in total. The topological polar surface area (TPSA) is 101 Å². The first-order valence-electron chi connectivity index (χ1n) is 8.79. The van der Waals surface area contributed by atoms with Crippen molar-refractivity contribution in [2.24, 2.45) is 5.92 Å². The SMILES string of the molecule is CC(=O)N[C@@H](C(=O)OCc1nc2sc(C)c(C)c2c(=O)[nH]1)C1CCCC1. The molecule has 0 saturated heterocycles. The Balaban J connectivity index is 1.74. The number of nitrogens with zero attached hydrogens (tertiary/aromatic N) is 1. The molecule has 0 spiro atoms. The molecular formula is C18H23N3O4S. The van der Waals surface area contributed by atoms with E-state index in [1.54, 1.807) is 0 Å². The summed E-state index contributed by atoms with van der Waals surface area (Å²) in [5.74, 6) is -0.321. The standard InChI is InChI=1S/C18H23N3O4S/c1-9-10(2)26-17-14(9)16(23)20-13(21-17)8-25-18(24)15(19-11(3)22)12-6-4-5-7-12/h12,15H,4-8H2,1-3H3,(H,19,22)(H,20,21,23)/t15-/m1/s1. The maximum atomic E-state index is 12.5. The van der Waals surface area contributed by atoms with E-state index in [-0.39, 0.29) is 24.0 Å². The number of aromatic nitrogens is 2. The van der Waals surface area contributed by atoms with E-state index in [2.05, 4.69) is 15.3 Å². The van der Waals surface area contributed by atoms with Crippen LogP contribution in [-0.4, -0.2) is 27.9 Å². The highest BCUT2D eigenvalue weighted by Gasteiger charge is 2.32. The molecule has 0 aliphatic heterocycles.